The molecule has 5 nitrogen and oxygen atoms in total. The summed E-state index contributed by atoms with van der Waals surface area (Å²) in [5, 5.41) is 4.38. The van der Waals surface area contributed by atoms with Gasteiger partial charge in [-0.15, -0.1) is 0 Å². The molecule has 0 spiro atoms. The zero-order valence-electron chi connectivity index (χ0n) is 14.8. The molecule has 0 saturated carbocycles. The van der Waals surface area contributed by atoms with Crippen molar-refractivity contribution in [2.24, 2.45) is 7.05 Å². The van der Waals surface area contributed by atoms with Gasteiger partial charge < -0.3 is 4.90 Å². The lowest BCUT2D eigenvalue weighted by molar-refractivity contribution is 0.0759. The van der Waals surface area contributed by atoms with Gasteiger partial charge in [0, 0.05) is 45.5 Å². The van der Waals surface area contributed by atoms with E-state index in [0.717, 1.165) is 56.1 Å². The Hall–Kier alpha value is -2.14. The average molecular weight is 326 g/mol. The van der Waals surface area contributed by atoms with E-state index in [2.05, 4.69) is 34.3 Å². The molecule has 0 radical (unpaired) electrons. The van der Waals surface area contributed by atoms with Crippen LogP contribution in [0.2, 0.25) is 0 Å². The van der Waals surface area contributed by atoms with Crippen molar-refractivity contribution in [1.82, 2.24) is 19.6 Å². The molecule has 0 aliphatic carbocycles. The molecule has 1 aromatic carbocycles. The van der Waals surface area contributed by atoms with Crippen molar-refractivity contribution >= 4 is 5.91 Å². The third-order valence-electron chi connectivity index (χ3n) is 4.85. The number of aromatic nitrogens is 2. The highest BCUT2D eigenvalue weighted by atomic mass is 16.2. The van der Waals surface area contributed by atoms with E-state index in [1.54, 1.807) is 4.68 Å². The van der Waals surface area contributed by atoms with Gasteiger partial charge in [0.1, 0.15) is 0 Å². The number of amides is 1. The van der Waals surface area contributed by atoms with Crippen LogP contribution >= 0.6 is 0 Å². The van der Waals surface area contributed by atoms with Crippen LogP contribution in [0.3, 0.4) is 0 Å². The molecule has 0 bridgehead atoms. The highest BCUT2D eigenvalue weighted by Crippen LogP contribution is 2.17. The van der Waals surface area contributed by atoms with E-state index >= 15 is 0 Å². The average Bonchev–Trinajstić information content (AvgIpc) is 2.74. The minimum absolute atomic E-state index is 0.125. The van der Waals surface area contributed by atoms with Gasteiger partial charge in [-0.3, -0.25) is 14.4 Å². The number of hydrogen-bond acceptors (Lipinski definition) is 3. The van der Waals surface area contributed by atoms with Gasteiger partial charge in [0.05, 0.1) is 11.3 Å². The van der Waals surface area contributed by atoms with Crippen molar-refractivity contribution in [1.29, 1.82) is 0 Å². The zero-order valence-corrected chi connectivity index (χ0v) is 14.8. The first kappa shape index (κ1) is 16.7. The maximum absolute atomic E-state index is 12.9. The van der Waals surface area contributed by atoms with Crippen LogP contribution in [0.5, 0.6) is 0 Å². The second kappa shape index (κ2) is 7.18. The van der Waals surface area contributed by atoms with E-state index in [1.165, 1.54) is 5.56 Å². The van der Waals surface area contributed by atoms with Gasteiger partial charge in [-0.2, -0.15) is 5.10 Å². The molecule has 1 fully saturated rings. The van der Waals surface area contributed by atoms with E-state index in [4.69, 9.17) is 0 Å². The van der Waals surface area contributed by atoms with Crippen molar-refractivity contribution in [3.05, 3.63) is 52.8 Å². The number of carbonyl (C=O) groups excluding carboxylic acids is 1. The van der Waals surface area contributed by atoms with Crippen molar-refractivity contribution in [3.8, 4) is 0 Å². The molecule has 128 valence electrons. The van der Waals surface area contributed by atoms with Crippen LogP contribution in [0.25, 0.3) is 0 Å². The third-order valence-corrected chi connectivity index (χ3v) is 4.85. The molecule has 1 amide bonds. The Morgan fingerprint density at radius 3 is 2.50 bits per heavy atom. The molecule has 24 heavy (non-hydrogen) atoms. The Kier molecular flexibility index (Phi) is 5.00. The lowest BCUT2D eigenvalue weighted by atomic mass is 10.1. The number of hydrogen-bond donors (Lipinski definition) is 0. The van der Waals surface area contributed by atoms with Crippen LogP contribution in [-0.2, 0) is 13.6 Å². The van der Waals surface area contributed by atoms with Gasteiger partial charge in [0.15, 0.2) is 0 Å². The molecule has 1 aromatic heterocycles. The maximum atomic E-state index is 12.9. The first-order valence-corrected chi connectivity index (χ1v) is 8.62. The number of aryl methyl sites for hydroxylation is 2. The molecule has 0 N–H and O–H groups in total. The van der Waals surface area contributed by atoms with Crippen LogP contribution in [0, 0.1) is 13.8 Å². The molecule has 0 atom stereocenters. The number of carbonyl (C=O) groups is 1. The van der Waals surface area contributed by atoms with Gasteiger partial charge in [-0.05, 0) is 25.8 Å². The molecule has 2 aromatic rings. The summed E-state index contributed by atoms with van der Waals surface area (Å²) in [6.07, 6.45) is 1.01. The zero-order chi connectivity index (χ0) is 17.1. The standard InChI is InChI=1S/C19H26N4O/c1-15-18(16(2)21(3)20-15)19(24)23-11-7-10-22(12-13-23)14-17-8-5-4-6-9-17/h4-6,8-9H,7,10-14H2,1-3H3. The third kappa shape index (κ3) is 3.51. The topological polar surface area (TPSA) is 41.4 Å². The first-order valence-electron chi connectivity index (χ1n) is 8.62. The second-order valence-corrected chi connectivity index (χ2v) is 6.58. The fourth-order valence-corrected chi connectivity index (χ4v) is 3.41. The van der Waals surface area contributed by atoms with E-state index in [1.807, 2.05) is 31.9 Å². The predicted molar refractivity (Wildman–Crippen MR) is 94.9 cm³/mol. The van der Waals surface area contributed by atoms with E-state index in [9.17, 15) is 4.79 Å². The molecule has 1 aliphatic rings. The Morgan fingerprint density at radius 2 is 1.83 bits per heavy atom. The summed E-state index contributed by atoms with van der Waals surface area (Å²) in [6, 6.07) is 10.5. The van der Waals surface area contributed by atoms with Crippen LogP contribution in [0.1, 0.15) is 33.7 Å². The van der Waals surface area contributed by atoms with Gasteiger partial charge in [-0.25, -0.2) is 0 Å². The highest BCUT2D eigenvalue weighted by Gasteiger charge is 2.25. The van der Waals surface area contributed by atoms with E-state index in [0.29, 0.717) is 0 Å². The van der Waals surface area contributed by atoms with Crippen LogP contribution < -0.4 is 0 Å². The van der Waals surface area contributed by atoms with Crippen molar-refractivity contribution in [2.45, 2.75) is 26.8 Å². The lowest BCUT2D eigenvalue weighted by Gasteiger charge is -2.22. The van der Waals surface area contributed by atoms with Crippen LogP contribution in [-0.4, -0.2) is 51.7 Å². The van der Waals surface area contributed by atoms with Crippen molar-refractivity contribution in [3.63, 3.8) is 0 Å². The molecule has 1 aliphatic heterocycles. The minimum atomic E-state index is 0.125. The Labute approximate surface area is 143 Å². The van der Waals surface area contributed by atoms with Crippen molar-refractivity contribution in [2.75, 3.05) is 26.2 Å². The fourth-order valence-electron chi connectivity index (χ4n) is 3.41. The largest absolute Gasteiger partial charge is 0.337 e. The highest BCUT2D eigenvalue weighted by molar-refractivity contribution is 5.96. The molecule has 3 rings (SSSR count). The summed E-state index contributed by atoms with van der Waals surface area (Å²) in [5.41, 5.74) is 3.87. The summed E-state index contributed by atoms with van der Waals surface area (Å²) in [6.45, 7) is 8.38. The Bertz CT molecular complexity index is 708. The Balaban J connectivity index is 1.66. The van der Waals surface area contributed by atoms with Gasteiger partial charge in [0.2, 0.25) is 0 Å². The first-order chi connectivity index (χ1) is 11.6. The van der Waals surface area contributed by atoms with Crippen molar-refractivity contribution < 1.29 is 4.79 Å². The molecule has 2 heterocycles. The summed E-state index contributed by atoms with van der Waals surface area (Å²) in [5.74, 6) is 0.125. The summed E-state index contributed by atoms with van der Waals surface area (Å²) < 4.78 is 1.79. The van der Waals surface area contributed by atoms with Gasteiger partial charge >= 0.3 is 0 Å². The Morgan fingerprint density at radius 1 is 1.08 bits per heavy atom. The van der Waals surface area contributed by atoms with E-state index < -0.39 is 0 Å². The maximum Gasteiger partial charge on any atom is 0.257 e. The molecule has 1 saturated heterocycles. The normalized spacial score (nSPS) is 16.2. The molecule has 0 unspecified atom stereocenters. The van der Waals surface area contributed by atoms with Gasteiger partial charge in [-0.1, -0.05) is 30.3 Å². The molecular formula is C19H26N4O. The quantitative estimate of drug-likeness (QED) is 0.870. The number of nitrogens with zero attached hydrogens (tertiary/aromatic N) is 4. The van der Waals surface area contributed by atoms with Crippen LogP contribution in [0.15, 0.2) is 30.3 Å². The SMILES string of the molecule is Cc1nn(C)c(C)c1C(=O)N1CCCN(Cc2ccccc2)CC1. The summed E-state index contributed by atoms with van der Waals surface area (Å²) in [7, 11) is 1.89. The van der Waals surface area contributed by atoms with Crippen LogP contribution in [0.4, 0.5) is 0 Å². The van der Waals surface area contributed by atoms with E-state index in [-0.39, 0.29) is 5.91 Å². The number of rotatable bonds is 3. The summed E-state index contributed by atoms with van der Waals surface area (Å²) >= 11 is 0. The number of benzene rings is 1. The fraction of sp³-hybridized carbons (Fsp3) is 0.474. The predicted octanol–water partition coefficient (Wildman–Crippen LogP) is 2.39. The van der Waals surface area contributed by atoms with Gasteiger partial charge in [0.25, 0.3) is 5.91 Å². The minimum Gasteiger partial charge on any atom is -0.337 e. The molecular weight excluding hydrogens is 300 g/mol. The smallest absolute Gasteiger partial charge is 0.257 e. The monoisotopic (exact) mass is 326 g/mol. The summed E-state index contributed by atoms with van der Waals surface area (Å²) in [4.78, 5) is 17.4. The lowest BCUT2D eigenvalue weighted by Crippen LogP contribution is -2.35. The molecule has 5 heteroatoms. The second-order valence-electron chi connectivity index (χ2n) is 6.58.